The molecule has 7 aromatic carbocycles. The number of hydrogen-bond acceptors (Lipinski definition) is 2. The maximum absolute atomic E-state index is 9.82. The van der Waals surface area contributed by atoms with E-state index in [9.17, 15) is 10.5 Å². The van der Waals surface area contributed by atoms with Crippen molar-refractivity contribution in [2.75, 3.05) is 0 Å². The molecular weight excluding hydrogens is 412 g/mol. The number of hydrogen-bond donors (Lipinski definition) is 0. The van der Waals surface area contributed by atoms with Gasteiger partial charge in [0, 0.05) is 0 Å². The molecule has 0 aromatic heterocycles. The Bertz CT molecular complexity index is 2090. The first-order valence-corrected chi connectivity index (χ1v) is 11.2. The van der Waals surface area contributed by atoms with Crippen molar-refractivity contribution < 1.29 is 0 Å². The van der Waals surface area contributed by atoms with Crippen LogP contribution in [0.2, 0.25) is 0 Å². The van der Waals surface area contributed by atoms with E-state index in [1.165, 1.54) is 37.7 Å². The van der Waals surface area contributed by atoms with Crippen molar-refractivity contribution in [2.24, 2.45) is 0 Å². The molecule has 0 heterocycles. The van der Waals surface area contributed by atoms with Crippen molar-refractivity contribution in [3.05, 3.63) is 108 Å². The summed E-state index contributed by atoms with van der Waals surface area (Å²) in [6, 6.07) is 38.1. The summed E-state index contributed by atoms with van der Waals surface area (Å²) < 4.78 is 0. The number of rotatable bonds is 0. The highest BCUT2D eigenvalue weighted by Crippen LogP contribution is 2.46. The molecule has 0 saturated carbocycles. The minimum atomic E-state index is 0.411. The SMILES string of the molecule is N#Cc1cc2c3ccc4ccccc4c3c3c4ccccc4c4ccccc4c3c2cc1C#N. The standard InChI is InChI=1S/C32H16N2/c33-17-20-15-28-27-14-13-19-7-1-2-8-22(19)30(27)32-26-12-6-4-10-24(26)23-9-3-5-11-25(23)31(32)29(28)16-21(20)18-34/h1-16H. The van der Waals surface area contributed by atoms with E-state index in [0.717, 1.165) is 26.9 Å². The summed E-state index contributed by atoms with van der Waals surface area (Å²) in [7, 11) is 0. The van der Waals surface area contributed by atoms with Crippen LogP contribution in [0.3, 0.4) is 0 Å². The largest absolute Gasteiger partial charge is 0.192 e. The van der Waals surface area contributed by atoms with Crippen molar-refractivity contribution in [1.82, 2.24) is 0 Å². The molecule has 0 N–H and O–H groups in total. The van der Waals surface area contributed by atoms with E-state index in [0.29, 0.717) is 11.1 Å². The number of benzene rings is 7. The van der Waals surface area contributed by atoms with Crippen LogP contribution >= 0.6 is 0 Å². The lowest BCUT2D eigenvalue weighted by molar-refractivity contribution is 1.45. The molecule has 0 bridgehead atoms. The predicted octanol–water partition coefficient (Wildman–Crippen LogP) is 8.35. The molecule has 0 unspecified atom stereocenters. The van der Waals surface area contributed by atoms with Crippen LogP contribution in [0.25, 0.3) is 64.6 Å². The van der Waals surface area contributed by atoms with Crippen molar-refractivity contribution in [1.29, 1.82) is 10.5 Å². The third-order valence-electron chi connectivity index (χ3n) is 7.07. The topological polar surface area (TPSA) is 47.6 Å². The Morgan fingerprint density at radius 2 is 0.853 bits per heavy atom. The van der Waals surface area contributed by atoms with Crippen LogP contribution in [-0.4, -0.2) is 0 Å². The van der Waals surface area contributed by atoms with Gasteiger partial charge in [-0.2, -0.15) is 10.5 Å². The fraction of sp³-hybridized carbons (Fsp3) is 0. The Morgan fingerprint density at radius 1 is 0.382 bits per heavy atom. The molecule has 2 heteroatoms. The van der Waals surface area contributed by atoms with Crippen LogP contribution < -0.4 is 0 Å². The van der Waals surface area contributed by atoms with Gasteiger partial charge in [0.25, 0.3) is 0 Å². The third kappa shape index (κ3) is 2.32. The summed E-state index contributed by atoms with van der Waals surface area (Å²) in [5.41, 5.74) is 0.822. The van der Waals surface area contributed by atoms with E-state index in [1.54, 1.807) is 0 Å². The van der Waals surface area contributed by atoms with Crippen molar-refractivity contribution in [3.8, 4) is 12.1 Å². The number of fused-ring (bicyclic) bond motifs is 13. The lowest BCUT2D eigenvalue weighted by atomic mass is 9.84. The quantitative estimate of drug-likeness (QED) is 0.228. The summed E-state index contributed by atoms with van der Waals surface area (Å²) >= 11 is 0. The van der Waals surface area contributed by atoms with Crippen LogP contribution in [-0.2, 0) is 0 Å². The zero-order chi connectivity index (χ0) is 22.8. The molecule has 0 amide bonds. The molecule has 0 aliphatic heterocycles. The van der Waals surface area contributed by atoms with Crippen LogP contribution in [0, 0.1) is 22.7 Å². The maximum Gasteiger partial charge on any atom is 0.101 e. The average molecular weight is 428 g/mol. The van der Waals surface area contributed by atoms with Gasteiger partial charge in [-0.1, -0.05) is 84.9 Å². The molecule has 0 aliphatic rings. The first-order chi connectivity index (χ1) is 16.8. The number of nitrogens with zero attached hydrogens (tertiary/aromatic N) is 2. The lowest BCUT2D eigenvalue weighted by Gasteiger charge is -2.18. The first kappa shape index (κ1) is 18.6. The molecule has 2 nitrogen and oxygen atoms in total. The van der Waals surface area contributed by atoms with E-state index in [2.05, 4.69) is 97.1 Å². The van der Waals surface area contributed by atoms with Gasteiger partial charge >= 0.3 is 0 Å². The maximum atomic E-state index is 9.82. The fourth-order valence-corrected chi connectivity index (χ4v) is 5.66. The van der Waals surface area contributed by atoms with Crippen LogP contribution in [0.5, 0.6) is 0 Å². The second kappa shape index (κ2) is 6.79. The smallest absolute Gasteiger partial charge is 0.101 e. The Balaban J connectivity index is 1.97. The van der Waals surface area contributed by atoms with E-state index in [4.69, 9.17) is 0 Å². The van der Waals surface area contributed by atoms with E-state index in [-0.39, 0.29) is 0 Å². The second-order valence-electron chi connectivity index (χ2n) is 8.72. The molecule has 0 aliphatic carbocycles. The Labute approximate surface area is 195 Å². The molecule has 0 fully saturated rings. The van der Waals surface area contributed by atoms with Gasteiger partial charge in [0.15, 0.2) is 0 Å². The van der Waals surface area contributed by atoms with E-state index in [1.807, 2.05) is 12.1 Å². The molecule has 34 heavy (non-hydrogen) atoms. The normalized spacial score (nSPS) is 11.5. The molecule has 0 saturated heterocycles. The van der Waals surface area contributed by atoms with Gasteiger partial charge in [-0.3, -0.25) is 0 Å². The van der Waals surface area contributed by atoms with Gasteiger partial charge in [0.2, 0.25) is 0 Å². The highest BCUT2D eigenvalue weighted by Gasteiger charge is 2.18. The highest BCUT2D eigenvalue weighted by molar-refractivity contribution is 6.42. The Hall–Kier alpha value is -4.92. The minimum Gasteiger partial charge on any atom is -0.192 e. The molecule has 0 atom stereocenters. The van der Waals surface area contributed by atoms with Crippen molar-refractivity contribution >= 4 is 64.6 Å². The summed E-state index contributed by atoms with van der Waals surface area (Å²) in [6.45, 7) is 0. The molecule has 154 valence electrons. The average Bonchev–Trinajstić information content (AvgIpc) is 2.91. The zero-order valence-corrected chi connectivity index (χ0v) is 18.1. The Kier molecular flexibility index (Phi) is 3.72. The minimum absolute atomic E-state index is 0.411. The lowest BCUT2D eigenvalue weighted by Crippen LogP contribution is -1.92. The predicted molar refractivity (Wildman–Crippen MR) is 141 cm³/mol. The van der Waals surface area contributed by atoms with Gasteiger partial charge in [0.05, 0.1) is 11.1 Å². The molecular formula is C32H16N2. The van der Waals surface area contributed by atoms with E-state index >= 15 is 0 Å². The van der Waals surface area contributed by atoms with Gasteiger partial charge in [-0.05, 0) is 76.8 Å². The highest BCUT2D eigenvalue weighted by atomic mass is 14.3. The summed E-state index contributed by atoms with van der Waals surface area (Å²) in [4.78, 5) is 0. The zero-order valence-electron chi connectivity index (χ0n) is 18.1. The first-order valence-electron chi connectivity index (χ1n) is 11.2. The molecule has 7 rings (SSSR count). The monoisotopic (exact) mass is 428 g/mol. The number of nitriles is 2. The summed E-state index contributed by atoms with van der Waals surface area (Å²) in [6.07, 6.45) is 0. The fourth-order valence-electron chi connectivity index (χ4n) is 5.66. The van der Waals surface area contributed by atoms with Gasteiger partial charge in [-0.25, -0.2) is 0 Å². The van der Waals surface area contributed by atoms with Gasteiger partial charge in [-0.15, -0.1) is 0 Å². The van der Waals surface area contributed by atoms with Crippen LogP contribution in [0.4, 0.5) is 0 Å². The van der Waals surface area contributed by atoms with Gasteiger partial charge in [0.1, 0.15) is 12.1 Å². The van der Waals surface area contributed by atoms with Crippen molar-refractivity contribution in [2.45, 2.75) is 0 Å². The summed E-state index contributed by atoms with van der Waals surface area (Å²) in [5, 5.41) is 33.4. The van der Waals surface area contributed by atoms with E-state index < -0.39 is 0 Å². The summed E-state index contributed by atoms with van der Waals surface area (Å²) in [5.74, 6) is 0. The van der Waals surface area contributed by atoms with Gasteiger partial charge < -0.3 is 0 Å². The van der Waals surface area contributed by atoms with Crippen molar-refractivity contribution in [3.63, 3.8) is 0 Å². The van der Waals surface area contributed by atoms with Crippen LogP contribution in [0.15, 0.2) is 97.1 Å². The molecule has 7 aromatic rings. The Morgan fingerprint density at radius 3 is 1.50 bits per heavy atom. The van der Waals surface area contributed by atoms with Crippen LogP contribution in [0.1, 0.15) is 11.1 Å². The molecule has 0 spiro atoms. The second-order valence-corrected chi connectivity index (χ2v) is 8.72. The molecule has 0 radical (unpaired) electrons. The third-order valence-corrected chi connectivity index (χ3v) is 7.07.